The predicted molar refractivity (Wildman–Crippen MR) is 97.1 cm³/mol. The minimum Gasteiger partial charge on any atom is -0.444 e. The molecule has 1 saturated heterocycles. The second kappa shape index (κ2) is 6.61. The van der Waals surface area contributed by atoms with Gasteiger partial charge in [0.15, 0.2) is 0 Å². The van der Waals surface area contributed by atoms with E-state index in [9.17, 15) is 9.90 Å². The number of carbonyl (C=O) groups is 1. The molecular weight excluding hydrogens is 318 g/mol. The molecule has 1 fully saturated rings. The average molecular weight is 349 g/mol. The summed E-state index contributed by atoms with van der Waals surface area (Å²) in [5, 5.41) is 10.7. The van der Waals surface area contributed by atoms with Crippen molar-refractivity contribution in [2.75, 3.05) is 0 Å². The van der Waals surface area contributed by atoms with Crippen LogP contribution in [0.3, 0.4) is 0 Å². The van der Waals surface area contributed by atoms with Crippen molar-refractivity contribution >= 4 is 6.09 Å². The standard InChI is InChI=1S/C20H31NO4/c1-18(2,3)24-17(23)21-16(19(4,5)25-20(21,6)7)13-15(22)14-11-9-8-10-12-14/h8-12,15-16,22H,13H2,1-7H3/t15-,16+/m1/s1. The monoisotopic (exact) mass is 349 g/mol. The molecule has 140 valence electrons. The maximum Gasteiger partial charge on any atom is 0.412 e. The first-order valence-corrected chi connectivity index (χ1v) is 8.79. The number of ether oxygens (including phenoxy) is 2. The number of rotatable bonds is 3. The van der Waals surface area contributed by atoms with Gasteiger partial charge in [0.05, 0.1) is 17.7 Å². The zero-order valence-electron chi connectivity index (χ0n) is 16.4. The van der Waals surface area contributed by atoms with Gasteiger partial charge in [0.1, 0.15) is 11.3 Å². The summed E-state index contributed by atoms with van der Waals surface area (Å²) in [7, 11) is 0. The third-order valence-corrected chi connectivity index (χ3v) is 4.43. The van der Waals surface area contributed by atoms with E-state index in [-0.39, 0.29) is 6.04 Å². The Morgan fingerprint density at radius 1 is 1.24 bits per heavy atom. The van der Waals surface area contributed by atoms with Crippen molar-refractivity contribution < 1.29 is 19.4 Å². The molecule has 0 aliphatic carbocycles. The summed E-state index contributed by atoms with van der Waals surface area (Å²) in [6.07, 6.45) is -0.735. The average Bonchev–Trinajstić information content (AvgIpc) is 2.62. The third-order valence-electron chi connectivity index (χ3n) is 4.43. The number of aliphatic hydroxyl groups is 1. The minimum atomic E-state index is -0.813. The summed E-state index contributed by atoms with van der Waals surface area (Å²) in [4.78, 5) is 14.5. The highest BCUT2D eigenvalue weighted by Gasteiger charge is 2.55. The summed E-state index contributed by atoms with van der Waals surface area (Å²) < 4.78 is 11.7. The van der Waals surface area contributed by atoms with E-state index in [0.717, 1.165) is 5.56 Å². The van der Waals surface area contributed by atoms with E-state index in [0.29, 0.717) is 6.42 Å². The fourth-order valence-corrected chi connectivity index (χ4v) is 3.52. The normalized spacial score (nSPS) is 23.4. The SMILES string of the molecule is CC(C)(C)OC(=O)N1[C@@H](C[C@@H](O)c2ccccc2)C(C)(C)OC1(C)C. The maximum absolute atomic E-state index is 12.8. The molecule has 1 heterocycles. The molecule has 0 bridgehead atoms. The van der Waals surface area contributed by atoms with Gasteiger partial charge in [0.2, 0.25) is 0 Å². The number of hydrogen-bond acceptors (Lipinski definition) is 4. The van der Waals surface area contributed by atoms with Gasteiger partial charge in [-0.1, -0.05) is 30.3 Å². The van der Waals surface area contributed by atoms with Crippen LogP contribution in [0, 0.1) is 0 Å². The number of amides is 1. The van der Waals surface area contributed by atoms with Crippen LogP contribution in [0.15, 0.2) is 30.3 Å². The second-order valence-electron chi connectivity index (χ2n) is 8.68. The molecule has 1 N–H and O–H groups in total. The van der Waals surface area contributed by atoms with Crippen LogP contribution < -0.4 is 0 Å². The van der Waals surface area contributed by atoms with Gasteiger partial charge in [-0.25, -0.2) is 4.79 Å². The Bertz CT molecular complexity index is 604. The van der Waals surface area contributed by atoms with Crippen LogP contribution in [0.2, 0.25) is 0 Å². The van der Waals surface area contributed by atoms with Gasteiger partial charge in [-0.3, -0.25) is 4.90 Å². The summed E-state index contributed by atoms with van der Waals surface area (Å²) in [5.41, 5.74) is -1.18. The first kappa shape index (κ1) is 19.7. The number of carbonyl (C=O) groups excluding carboxylic acids is 1. The topological polar surface area (TPSA) is 59.0 Å². The molecule has 0 saturated carbocycles. The van der Waals surface area contributed by atoms with Crippen molar-refractivity contribution in [1.82, 2.24) is 4.90 Å². The molecule has 0 spiro atoms. The van der Waals surface area contributed by atoms with Crippen LogP contribution in [0.1, 0.15) is 66.6 Å². The molecule has 1 aliphatic rings. The highest BCUT2D eigenvalue weighted by atomic mass is 16.6. The van der Waals surface area contributed by atoms with Gasteiger partial charge >= 0.3 is 6.09 Å². The van der Waals surface area contributed by atoms with Gasteiger partial charge in [0.25, 0.3) is 0 Å². The fraction of sp³-hybridized carbons (Fsp3) is 0.650. The van der Waals surface area contributed by atoms with Gasteiger partial charge in [-0.05, 0) is 54.0 Å². The lowest BCUT2D eigenvalue weighted by atomic mass is 9.91. The highest BCUT2D eigenvalue weighted by Crippen LogP contribution is 2.43. The first-order chi connectivity index (χ1) is 11.3. The predicted octanol–water partition coefficient (Wildman–Crippen LogP) is 4.26. The Labute approximate surface area is 150 Å². The summed E-state index contributed by atoms with van der Waals surface area (Å²) in [5.74, 6) is 0. The number of nitrogens with zero attached hydrogens (tertiary/aromatic N) is 1. The van der Waals surface area contributed by atoms with E-state index in [1.54, 1.807) is 4.90 Å². The van der Waals surface area contributed by atoms with Crippen molar-refractivity contribution in [2.45, 2.75) is 84.0 Å². The van der Waals surface area contributed by atoms with Crippen molar-refractivity contribution in [2.24, 2.45) is 0 Å². The molecule has 0 radical (unpaired) electrons. The molecule has 0 unspecified atom stereocenters. The van der Waals surface area contributed by atoms with Gasteiger partial charge in [-0.2, -0.15) is 0 Å². The van der Waals surface area contributed by atoms with Crippen molar-refractivity contribution in [3.63, 3.8) is 0 Å². The number of hydrogen-bond donors (Lipinski definition) is 1. The van der Waals surface area contributed by atoms with E-state index in [2.05, 4.69) is 0 Å². The smallest absolute Gasteiger partial charge is 0.412 e. The lowest BCUT2D eigenvalue weighted by molar-refractivity contribution is -0.103. The van der Waals surface area contributed by atoms with Crippen LogP contribution in [0.5, 0.6) is 0 Å². The van der Waals surface area contributed by atoms with E-state index in [4.69, 9.17) is 9.47 Å². The molecule has 1 aromatic rings. The van der Waals surface area contributed by atoms with Crippen molar-refractivity contribution in [1.29, 1.82) is 0 Å². The van der Waals surface area contributed by atoms with Crippen LogP contribution in [0.4, 0.5) is 4.79 Å². The highest BCUT2D eigenvalue weighted by molar-refractivity contribution is 5.70. The lowest BCUT2D eigenvalue weighted by Crippen LogP contribution is -2.51. The number of benzene rings is 1. The lowest BCUT2D eigenvalue weighted by Gasteiger charge is -2.36. The Morgan fingerprint density at radius 3 is 2.32 bits per heavy atom. The molecule has 2 atom stereocenters. The minimum absolute atomic E-state index is 0.312. The molecular formula is C20H31NO4. The largest absolute Gasteiger partial charge is 0.444 e. The summed E-state index contributed by atoms with van der Waals surface area (Å²) in [6, 6.07) is 9.16. The third kappa shape index (κ3) is 4.53. The fourth-order valence-electron chi connectivity index (χ4n) is 3.52. The van der Waals surface area contributed by atoms with E-state index in [1.165, 1.54) is 0 Å². The molecule has 1 amide bonds. The second-order valence-corrected chi connectivity index (χ2v) is 8.68. The summed E-state index contributed by atoms with van der Waals surface area (Å²) >= 11 is 0. The van der Waals surface area contributed by atoms with Gasteiger partial charge in [-0.15, -0.1) is 0 Å². The van der Waals surface area contributed by atoms with E-state index >= 15 is 0 Å². The molecule has 5 nitrogen and oxygen atoms in total. The zero-order valence-corrected chi connectivity index (χ0v) is 16.4. The molecule has 1 aliphatic heterocycles. The van der Waals surface area contributed by atoms with Gasteiger partial charge in [0, 0.05) is 6.42 Å². The molecule has 5 heteroatoms. The first-order valence-electron chi connectivity index (χ1n) is 8.79. The Hall–Kier alpha value is -1.59. The number of aliphatic hydroxyl groups excluding tert-OH is 1. The van der Waals surface area contributed by atoms with Crippen LogP contribution >= 0.6 is 0 Å². The van der Waals surface area contributed by atoms with Crippen LogP contribution in [-0.2, 0) is 9.47 Å². The molecule has 1 aromatic carbocycles. The van der Waals surface area contributed by atoms with E-state index < -0.39 is 29.1 Å². The Kier molecular flexibility index (Phi) is 5.22. The van der Waals surface area contributed by atoms with Gasteiger partial charge < -0.3 is 14.6 Å². The molecule has 0 aromatic heterocycles. The Morgan fingerprint density at radius 2 is 1.80 bits per heavy atom. The quantitative estimate of drug-likeness (QED) is 0.886. The molecule has 25 heavy (non-hydrogen) atoms. The zero-order chi connectivity index (χ0) is 19.0. The summed E-state index contributed by atoms with van der Waals surface area (Å²) in [6.45, 7) is 13.1. The van der Waals surface area contributed by atoms with E-state index in [1.807, 2.05) is 78.8 Å². The van der Waals surface area contributed by atoms with Crippen molar-refractivity contribution in [3.05, 3.63) is 35.9 Å². The van der Waals surface area contributed by atoms with Crippen LogP contribution in [0.25, 0.3) is 0 Å². The van der Waals surface area contributed by atoms with Crippen LogP contribution in [-0.4, -0.2) is 39.1 Å². The Balaban J connectivity index is 2.29. The maximum atomic E-state index is 12.8. The molecule has 2 rings (SSSR count). The van der Waals surface area contributed by atoms with Crippen molar-refractivity contribution in [3.8, 4) is 0 Å².